The van der Waals surface area contributed by atoms with Crippen molar-refractivity contribution in [3.05, 3.63) is 0 Å². The van der Waals surface area contributed by atoms with Gasteiger partial charge in [0.2, 0.25) is 5.91 Å². The number of nitrogens with two attached hydrogens (primary N) is 1. The molecule has 1 aliphatic heterocycles. The Bertz CT molecular complexity index is 358. The molecule has 0 radical (unpaired) electrons. The van der Waals surface area contributed by atoms with Crippen molar-refractivity contribution < 1.29 is 4.79 Å². The Hall–Kier alpha value is -0.570. The lowest BCUT2D eigenvalue weighted by molar-refractivity contribution is -0.141. The van der Waals surface area contributed by atoms with Crippen molar-refractivity contribution in [2.24, 2.45) is 35.3 Å². The maximum Gasteiger partial charge on any atom is 0.226 e. The van der Waals surface area contributed by atoms with Gasteiger partial charge in [-0.2, -0.15) is 0 Å². The Morgan fingerprint density at radius 3 is 2.41 bits per heavy atom. The van der Waals surface area contributed by atoms with Gasteiger partial charge in [-0.25, -0.2) is 0 Å². The molecular weight excluding hydrogens is 212 g/mol. The van der Waals surface area contributed by atoms with Crippen LogP contribution in [0.15, 0.2) is 0 Å². The van der Waals surface area contributed by atoms with Gasteiger partial charge in [-0.05, 0) is 49.4 Å². The van der Waals surface area contributed by atoms with Crippen molar-refractivity contribution in [2.45, 2.75) is 38.1 Å². The second-order valence-electron chi connectivity index (χ2n) is 6.92. The number of carbonyl (C=O) groups is 1. The number of carbonyl (C=O) groups excluding carboxylic acids is 1. The van der Waals surface area contributed by atoms with Gasteiger partial charge in [0.15, 0.2) is 0 Å². The molecule has 1 heterocycles. The summed E-state index contributed by atoms with van der Waals surface area (Å²) in [5, 5.41) is 0. The van der Waals surface area contributed by atoms with Crippen LogP contribution in [-0.4, -0.2) is 29.4 Å². The number of hydrogen-bond acceptors (Lipinski definition) is 2. The quantitative estimate of drug-likeness (QED) is 0.781. The molecule has 0 spiro atoms. The summed E-state index contributed by atoms with van der Waals surface area (Å²) in [6.45, 7) is 3.72. The first-order chi connectivity index (χ1) is 8.13. The highest BCUT2D eigenvalue weighted by Crippen LogP contribution is 2.69. The SMILES string of the molecule is CCC1(N)CN(C(=O)C2C3C4CCC(C4)C23)C1. The fourth-order valence-corrected chi connectivity index (χ4v) is 4.96. The average molecular weight is 234 g/mol. The molecule has 94 valence electrons. The van der Waals surface area contributed by atoms with Crippen LogP contribution >= 0.6 is 0 Å². The highest BCUT2D eigenvalue weighted by molar-refractivity contribution is 5.84. The van der Waals surface area contributed by atoms with Gasteiger partial charge in [0, 0.05) is 19.0 Å². The van der Waals surface area contributed by atoms with E-state index in [1.165, 1.54) is 19.3 Å². The number of amides is 1. The van der Waals surface area contributed by atoms with E-state index < -0.39 is 0 Å². The van der Waals surface area contributed by atoms with Crippen LogP contribution in [0, 0.1) is 29.6 Å². The van der Waals surface area contributed by atoms with E-state index in [0.717, 1.165) is 43.2 Å². The van der Waals surface area contributed by atoms with Crippen LogP contribution in [0.2, 0.25) is 0 Å². The van der Waals surface area contributed by atoms with Gasteiger partial charge in [-0.15, -0.1) is 0 Å². The summed E-state index contributed by atoms with van der Waals surface area (Å²) < 4.78 is 0. The molecule has 4 aliphatic rings. The molecule has 3 saturated carbocycles. The molecule has 0 aromatic heterocycles. The molecule has 4 unspecified atom stereocenters. The van der Waals surface area contributed by atoms with E-state index in [0.29, 0.717) is 11.8 Å². The zero-order valence-electron chi connectivity index (χ0n) is 10.6. The van der Waals surface area contributed by atoms with Gasteiger partial charge < -0.3 is 10.6 Å². The van der Waals surface area contributed by atoms with Crippen molar-refractivity contribution in [2.75, 3.05) is 13.1 Å². The first-order valence-electron chi connectivity index (χ1n) is 7.20. The number of hydrogen-bond donors (Lipinski definition) is 1. The number of fused-ring (bicyclic) bond motifs is 5. The Morgan fingerprint density at radius 1 is 1.29 bits per heavy atom. The minimum Gasteiger partial charge on any atom is -0.339 e. The zero-order chi connectivity index (χ0) is 11.8. The molecule has 17 heavy (non-hydrogen) atoms. The first-order valence-corrected chi connectivity index (χ1v) is 7.20. The molecule has 0 aromatic carbocycles. The van der Waals surface area contributed by atoms with Crippen molar-refractivity contribution in [1.29, 1.82) is 0 Å². The van der Waals surface area contributed by atoms with Crippen molar-refractivity contribution >= 4 is 5.91 Å². The first kappa shape index (κ1) is 10.4. The summed E-state index contributed by atoms with van der Waals surface area (Å²) >= 11 is 0. The third-order valence-electron chi connectivity index (χ3n) is 6.05. The van der Waals surface area contributed by atoms with E-state index in [4.69, 9.17) is 5.73 Å². The fourth-order valence-electron chi connectivity index (χ4n) is 4.96. The molecule has 2 N–H and O–H groups in total. The third-order valence-corrected chi connectivity index (χ3v) is 6.05. The van der Waals surface area contributed by atoms with Crippen molar-refractivity contribution in [3.8, 4) is 0 Å². The van der Waals surface area contributed by atoms with Crippen LogP contribution in [0.5, 0.6) is 0 Å². The minimum atomic E-state index is -0.0708. The van der Waals surface area contributed by atoms with Gasteiger partial charge in [0.05, 0.1) is 5.54 Å². The summed E-state index contributed by atoms with van der Waals surface area (Å²) in [4.78, 5) is 14.4. The number of likely N-dealkylation sites (tertiary alicyclic amines) is 1. The van der Waals surface area contributed by atoms with Gasteiger partial charge in [-0.1, -0.05) is 6.92 Å². The molecule has 2 bridgehead atoms. The molecule has 4 atom stereocenters. The maximum atomic E-state index is 12.4. The minimum absolute atomic E-state index is 0.0708. The summed E-state index contributed by atoms with van der Waals surface area (Å²) in [7, 11) is 0. The van der Waals surface area contributed by atoms with E-state index in [-0.39, 0.29) is 5.54 Å². The molecule has 3 heteroatoms. The van der Waals surface area contributed by atoms with Crippen molar-refractivity contribution in [1.82, 2.24) is 4.90 Å². The lowest BCUT2D eigenvalue weighted by atomic mass is 9.87. The van der Waals surface area contributed by atoms with E-state index in [9.17, 15) is 4.79 Å². The maximum absolute atomic E-state index is 12.4. The van der Waals surface area contributed by atoms with E-state index >= 15 is 0 Å². The molecule has 1 amide bonds. The Balaban J connectivity index is 1.41. The smallest absolute Gasteiger partial charge is 0.226 e. The Labute approximate surface area is 103 Å². The predicted molar refractivity (Wildman–Crippen MR) is 65.1 cm³/mol. The van der Waals surface area contributed by atoms with Crippen LogP contribution in [-0.2, 0) is 4.79 Å². The topological polar surface area (TPSA) is 46.3 Å². The van der Waals surface area contributed by atoms with Crippen LogP contribution in [0.4, 0.5) is 0 Å². The van der Waals surface area contributed by atoms with Gasteiger partial charge in [-0.3, -0.25) is 4.79 Å². The highest BCUT2D eigenvalue weighted by Gasteiger charge is 2.68. The standard InChI is InChI=1S/C14H22N2O/c1-2-14(15)6-16(7-14)13(17)12-10-8-3-4-9(5-8)11(10)12/h8-12H,2-7,15H2,1H3. The molecule has 3 aliphatic carbocycles. The summed E-state index contributed by atoms with van der Waals surface area (Å²) in [6.07, 6.45) is 5.20. The van der Waals surface area contributed by atoms with Crippen LogP contribution < -0.4 is 5.73 Å². The summed E-state index contributed by atoms with van der Waals surface area (Å²) in [5.41, 5.74) is 6.07. The Morgan fingerprint density at radius 2 is 1.88 bits per heavy atom. The lowest BCUT2D eigenvalue weighted by Gasteiger charge is -2.47. The van der Waals surface area contributed by atoms with Crippen LogP contribution in [0.3, 0.4) is 0 Å². The monoisotopic (exact) mass is 234 g/mol. The third kappa shape index (κ3) is 1.24. The van der Waals surface area contributed by atoms with Crippen LogP contribution in [0.1, 0.15) is 32.6 Å². The summed E-state index contributed by atoms with van der Waals surface area (Å²) in [6, 6.07) is 0. The highest BCUT2D eigenvalue weighted by atomic mass is 16.2. The average Bonchev–Trinajstić information content (AvgIpc) is 2.72. The van der Waals surface area contributed by atoms with E-state index in [2.05, 4.69) is 6.92 Å². The van der Waals surface area contributed by atoms with E-state index in [1.54, 1.807) is 0 Å². The number of nitrogens with zero attached hydrogens (tertiary/aromatic N) is 1. The zero-order valence-corrected chi connectivity index (χ0v) is 10.6. The molecular formula is C14H22N2O. The summed E-state index contributed by atoms with van der Waals surface area (Å²) in [5.74, 6) is 4.18. The molecule has 3 nitrogen and oxygen atoms in total. The van der Waals surface area contributed by atoms with Gasteiger partial charge in [0.25, 0.3) is 0 Å². The molecule has 0 aromatic rings. The lowest BCUT2D eigenvalue weighted by Crippen LogP contribution is -2.68. The van der Waals surface area contributed by atoms with Gasteiger partial charge >= 0.3 is 0 Å². The predicted octanol–water partition coefficient (Wildman–Crippen LogP) is 1.23. The second-order valence-corrected chi connectivity index (χ2v) is 6.92. The molecule has 4 rings (SSSR count). The molecule has 1 saturated heterocycles. The van der Waals surface area contributed by atoms with Crippen LogP contribution in [0.25, 0.3) is 0 Å². The largest absolute Gasteiger partial charge is 0.339 e. The van der Waals surface area contributed by atoms with Gasteiger partial charge in [0.1, 0.15) is 0 Å². The Kier molecular flexibility index (Phi) is 1.86. The second kappa shape index (κ2) is 3.05. The van der Waals surface area contributed by atoms with E-state index in [1.807, 2.05) is 4.90 Å². The van der Waals surface area contributed by atoms with Crippen molar-refractivity contribution in [3.63, 3.8) is 0 Å². The molecule has 4 fully saturated rings. The fraction of sp³-hybridized carbons (Fsp3) is 0.929. The normalized spacial score (nSPS) is 48.8. The number of rotatable bonds is 2.